The van der Waals surface area contributed by atoms with Crippen LogP contribution >= 0.6 is 0 Å². The fourth-order valence-corrected chi connectivity index (χ4v) is 3.43. The molecule has 1 N–H and O–H groups in total. The minimum absolute atomic E-state index is 0.0439. The first-order valence-corrected chi connectivity index (χ1v) is 9.19. The van der Waals surface area contributed by atoms with E-state index in [2.05, 4.69) is 17.3 Å². The van der Waals surface area contributed by atoms with Gasteiger partial charge in [0, 0.05) is 25.7 Å². The second-order valence-electron chi connectivity index (χ2n) is 8.09. The number of likely N-dealkylation sites (N-methyl/N-ethyl adjacent to an activating group) is 1. The van der Waals surface area contributed by atoms with Gasteiger partial charge in [-0.1, -0.05) is 6.92 Å². The zero-order chi connectivity index (χ0) is 18.0. The Labute approximate surface area is 145 Å². The molecule has 1 saturated carbocycles. The molecule has 0 aromatic heterocycles. The summed E-state index contributed by atoms with van der Waals surface area (Å²) in [7, 11) is 2.10. The Bertz CT molecular complexity index is 471. The smallest absolute Gasteiger partial charge is 0.411 e. The van der Waals surface area contributed by atoms with Gasteiger partial charge >= 0.3 is 6.09 Å². The number of nitrogens with zero attached hydrogens (tertiary/aromatic N) is 2. The molecule has 1 heterocycles. The van der Waals surface area contributed by atoms with Gasteiger partial charge in [0.2, 0.25) is 5.91 Å². The summed E-state index contributed by atoms with van der Waals surface area (Å²) in [6, 6.07) is 0.687. The molecular weight excluding hydrogens is 306 g/mol. The molecule has 1 saturated heterocycles. The second kappa shape index (κ2) is 7.30. The second-order valence-corrected chi connectivity index (χ2v) is 8.09. The van der Waals surface area contributed by atoms with Crippen LogP contribution < -0.4 is 5.32 Å². The molecule has 6 heteroatoms. The number of likely N-dealkylation sites (tertiary alicyclic amines) is 1. The van der Waals surface area contributed by atoms with Gasteiger partial charge < -0.3 is 15.0 Å². The van der Waals surface area contributed by atoms with Crippen molar-refractivity contribution >= 4 is 12.0 Å². The molecule has 0 aromatic carbocycles. The third kappa shape index (κ3) is 4.41. The number of carbonyl (C=O) groups is 2. The van der Waals surface area contributed by atoms with E-state index < -0.39 is 11.1 Å². The summed E-state index contributed by atoms with van der Waals surface area (Å²) in [5.41, 5.74) is -1.32. The molecule has 1 aliphatic carbocycles. The molecule has 24 heavy (non-hydrogen) atoms. The molecule has 0 aromatic rings. The van der Waals surface area contributed by atoms with Gasteiger partial charge in [-0.15, -0.1) is 0 Å². The molecule has 2 amide bonds. The van der Waals surface area contributed by atoms with Crippen LogP contribution in [0.4, 0.5) is 4.79 Å². The van der Waals surface area contributed by atoms with Crippen LogP contribution in [-0.4, -0.2) is 65.7 Å². The summed E-state index contributed by atoms with van der Waals surface area (Å²) in [6.07, 6.45) is 4.28. The minimum Gasteiger partial charge on any atom is -0.444 e. The van der Waals surface area contributed by atoms with Crippen LogP contribution in [-0.2, 0) is 9.53 Å². The van der Waals surface area contributed by atoms with E-state index >= 15 is 0 Å². The molecule has 2 rings (SSSR count). The number of amides is 2. The van der Waals surface area contributed by atoms with E-state index in [1.165, 1.54) is 12.8 Å². The summed E-state index contributed by atoms with van der Waals surface area (Å²) in [5.74, 6) is -0.0439. The standard InChI is InChI=1S/C18H33N3O3/c1-6-18(15(22)19-11-13-20(5)14-8-9-14)10-7-12-21(18)16(23)24-17(2,3)4/h14H,6-13H2,1-5H3,(H,19,22). The van der Waals surface area contributed by atoms with Crippen molar-refractivity contribution in [3.05, 3.63) is 0 Å². The Hall–Kier alpha value is -1.30. The van der Waals surface area contributed by atoms with Crippen molar-refractivity contribution < 1.29 is 14.3 Å². The predicted octanol–water partition coefficient (Wildman–Crippen LogP) is 2.38. The highest BCUT2D eigenvalue weighted by atomic mass is 16.6. The maximum Gasteiger partial charge on any atom is 0.411 e. The van der Waals surface area contributed by atoms with Crippen molar-refractivity contribution in [2.75, 3.05) is 26.7 Å². The largest absolute Gasteiger partial charge is 0.444 e. The lowest BCUT2D eigenvalue weighted by molar-refractivity contribution is -0.132. The molecule has 138 valence electrons. The quantitative estimate of drug-likeness (QED) is 0.807. The van der Waals surface area contributed by atoms with E-state index in [0.29, 0.717) is 32.0 Å². The highest BCUT2D eigenvalue weighted by molar-refractivity contribution is 5.90. The lowest BCUT2D eigenvalue weighted by Crippen LogP contribution is -2.58. The number of hydrogen-bond donors (Lipinski definition) is 1. The Kier molecular flexibility index (Phi) is 5.78. The molecule has 2 fully saturated rings. The van der Waals surface area contributed by atoms with Crippen LogP contribution in [0.3, 0.4) is 0 Å². The lowest BCUT2D eigenvalue weighted by atomic mass is 9.92. The van der Waals surface area contributed by atoms with Crippen molar-refractivity contribution in [3.8, 4) is 0 Å². The first-order valence-electron chi connectivity index (χ1n) is 9.19. The number of rotatable bonds is 6. The Morgan fingerprint density at radius 3 is 2.54 bits per heavy atom. The van der Waals surface area contributed by atoms with E-state index in [-0.39, 0.29) is 12.0 Å². The number of hydrogen-bond acceptors (Lipinski definition) is 4. The third-order valence-corrected chi connectivity index (χ3v) is 5.03. The summed E-state index contributed by atoms with van der Waals surface area (Å²) >= 11 is 0. The Morgan fingerprint density at radius 2 is 2.00 bits per heavy atom. The van der Waals surface area contributed by atoms with Crippen LogP contribution in [0.5, 0.6) is 0 Å². The minimum atomic E-state index is -0.763. The van der Waals surface area contributed by atoms with Crippen LogP contribution in [0.25, 0.3) is 0 Å². The van der Waals surface area contributed by atoms with Crippen LogP contribution in [0.15, 0.2) is 0 Å². The van der Waals surface area contributed by atoms with E-state index in [9.17, 15) is 9.59 Å². The van der Waals surface area contributed by atoms with Gasteiger partial charge in [0.25, 0.3) is 0 Å². The molecule has 0 spiro atoms. The highest BCUT2D eigenvalue weighted by Gasteiger charge is 2.49. The Balaban J connectivity index is 1.96. The molecule has 6 nitrogen and oxygen atoms in total. The monoisotopic (exact) mass is 339 g/mol. The normalized spacial score (nSPS) is 24.3. The van der Waals surface area contributed by atoms with E-state index in [1.54, 1.807) is 4.90 Å². The molecule has 1 atom stereocenters. The molecule has 0 radical (unpaired) electrons. The highest BCUT2D eigenvalue weighted by Crippen LogP contribution is 2.34. The van der Waals surface area contributed by atoms with E-state index in [1.807, 2.05) is 27.7 Å². The summed E-state index contributed by atoms with van der Waals surface area (Å²) in [6.45, 7) is 9.57. The van der Waals surface area contributed by atoms with Crippen LogP contribution in [0.1, 0.15) is 59.8 Å². The van der Waals surface area contributed by atoms with Crippen molar-refractivity contribution in [2.24, 2.45) is 0 Å². The van der Waals surface area contributed by atoms with Gasteiger partial charge in [-0.2, -0.15) is 0 Å². The average molecular weight is 339 g/mol. The average Bonchev–Trinajstić information content (AvgIpc) is 3.24. The Morgan fingerprint density at radius 1 is 1.33 bits per heavy atom. The predicted molar refractivity (Wildman–Crippen MR) is 93.9 cm³/mol. The molecular formula is C18H33N3O3. The summed E-state index contributed by atoms with van der Waals surface area (Å²) in [5, 5.41) is 3.05. The first kappa shape index (κ1) is 19.0. The first-order chi connectivity index (χ1) is 11.2. The van der Waals surface area contributed by atoms with Gasteiger partial charge in [0.05, 0.1) is 0 Å². The van der Waals surface area contributed by atoms with Crippen molar-refractivity contribution in [1.29, 1.82) is 0 Å². The topological polar surface area (TPSA) is 61.9 Å². The van der Waals surface area contributed by atoms with Gasteiger partial charge in [-0.3, -0.25) is 9.69 Å². The zero-order valence-corrected chi connectivity index (χ0v) is 15.9. The number of nitrogens with one attached hydrogen (secondary N) is 1. The van der Waals surface area contributed by atoms with Crippen LogP contribution in [0.2, 0.25) is 0 Å². The van der Waals surface area contributed by atoms with Gasteiger partial charge in [-0.25, -0.2) is 4.79 Å². The number of carbonyl (C=O) groups excluding carboxylic acids is 2. The molecule has 1 aliphatic heterocycles. The summed E-state index contributed by atoms with van der Waals surface area (Å²) < 4.78 is 5.51. The van der Waals surface area contributed by atoms with E-state index in [4.69, 9.17) is 4.74 Å². The molecule has 0 bridgehead atoms. The van der Waals surface area contributed by atoms with Gasteiger partial charge in [-0.05, 0) is 59.9 Å². The van der Waals surface area contributed by atoms with Crippen LogP contribution in [0, 0.1) is 0 Å². The van der Waals surface area contributed by atoms with Gasteiger partial charge in [0.1, 0.15) is 11.1 Å². The van der Waals surface area contributed by atoms with Crippen molar-refractivity contribution in [3.63, 3.8) is 0 Å². The lowest BCUT2D eigenvalue weighted by Gasteiger charge is -2.37. The van der Waals surface area contributed by atoms with Gasteiger partial charge in [0.15, 0.2) is 0 Å². The third-order valence-electron chi connectivity index (χ3n) is 5.03. The van der Waals surface area contributed by atoms with Crippen molar-refractivity contribution in [2.45, 2.75) is 77.0 Å². The van der Waals surface area contributed by atoms with Crippen molar-refractivity contribution in [1.82, 2.24) is 15.1 Å². The maximum absolute atomic E-state index is 12.9. The van der Waals surface area contributed by atoms with E-state index in [0.717, 1.165) is 13.0 Å². The number of ether oxygens (including phenoxy) is 1. The maximum atomic E-state index is 12.9. The fourth-order valence-electron chi connectivity index (χ4n) is 3.43. The zero-order valence-electron chi connectivity index (χ0n) is 15.9. The SMILES string of the molecule is CCC1(C(=O)NCCN(C)C2CC2)CCCN1C(=O)OC(C)(C)C. The molecule has 1 unspecified atom stereocenters. The summed E-state index contributed by atoms with van der Waals surface area (Å²) in [4.78, 5) is 29.3. The molecule has 2 aliphatic rings. The fraction of sp³-hybridized carbons (Fsp3) is 0.889.